The summed E-state index contributed by atoms with van der Waals surface area (Å²) < 4.78 is 0. The van der Waals surface area contributed by atoms with E-state index < -0.39 is 0 Å². The van der Waals surface area contributed by atoms with Crippen molar-refractivity contribution in [3.05, 3.63) is 34.9 Å². The lowest BCUT2D eigenvalue weighted by Gasteiger charge is -2.25. The van der Waals surface area contributed by atoms with Gasteiger partial charge in [-0.05, 0) is 56.5 Å². The molecule has 2 aliphatic rings. The average Bonchev–Trinajstić information content (AvgIpc) is 3.21. The summed E-state index contributed by atoms with van der Waals surface area (Å²) in [5.74, 6) is 0.389. The van der Waals surface area contributed by atoms with Crippen LogP contribution in [0.4, 0.5) is 0 Å². The summed E-state index contributed by atoms with van der Waals surface area (Å²) in [7, 11) is 0. The average molecular weight is 279 g/mol. The van der Waals surface area contributed by atoms with Crippen LogP contribution in [0.2, 0.25) is 5.02 Å². The van der Waals surface area contributed by atoms with Crippen LogP contribution in [-0.2, 0) is 10.3 Å². The molecule has 1 aliphatic carbocycles. The number of nitrogens with one attached hydrogen (secondary N) is 2. The molecule has 1 saturated carbocycles. The van der Waals surface area contributed by atoms with E-state index in [9.17, 15) is 4.79 Å². The smallest absolute Gasteiger partial charge is 0.223 e. The van der Waals surface area contributed by atoms with Gasteiger partial charge < -0.3 is 10.6 Å². The normalized spacial score (nSPS) is 21.9. The SMILES string of the molecule is O=C(NC1(c2ccc(Cl)cc2)CC1)C1CCNCC1. The number of hydrogen-bond acceptors (Lipinski definition) is 2. The highest BCUT2D eigenvalue weighted by Crippen LogP contribution is 2.46. The van der Waals surface area contributed by atoms with Crippen molar-refractivity contribution < 1.29 is 4.79 Å². The molecule has 19 heavy (non-hydrogen) atoms. The van der Waals surface area contributed by atoms with Gasteiger partial charge in [0, 0.05) is 10.9 Å². The molecule has 0 unspecified atom stereocenters. The Kier molecular flexibility index (Phi) is 3.50. The molecule has 1 aromatic rings. The van der Waals surface area contributed by atoms with Gasteiger partial charge in [0.25, 0.3) is 0 Å². The Labute approximate surface area is 118 Å². The molecule has 2 N–H and O–H groups in total. The summed E-state index contributed by atoms with van der Waals surface area (Å²) in [6, 6.07) is 7.84. The maximum absolute atomic E-state index is 12.3. The molecule has 1 heterocycles. The molecule has 2 fully saturated rings. The van der Waals surface area contributed by atoms with E-state index in [-0.39, 0.29) is 17.4 Å². The Morgan fingerprint density at radius 1 is 1.21 bits per heavy atom. The van der Waals surface area contributed by atoms with Crippen molar-refractivity contribution in [2.75, 3.05) is 13.1 Å². The second kappa shape index (κ2) is 5.14. The van der Waals surface area contributed by atoms with Crippen LogP contribution in [0.1, 0.15) is 31.2 Å². The maximum atomic E-state index is 12.3. The molecule has 102 valence electrons. The molecular weight excluding hydrogens is 260 g/mol. The third kappa shape index (κ3) is 2.77. The molecule has 0 aromatic heterocycles. The van der Waals surface area contributed by atoms with Crippen LogP contribution in [0.5, 0.6) is 0 Å². The number of amides is 1. The summed E-state index contributed by atoms with van der Waals surface area (Å²) in [5, 5.41) is 7.29. The second-order valence-corrected chi connectivity index (χ2v) is 6.04. The number of hydrogen-bond donors (Lipinski definition) is 2. The fourth-order valence-electron chi connectivity index (χ4n) is 2.80. The summed E-state index contributed by atoms with van der Waals surface area (Å²) in [6.45, 7) is 1.90. The molecule has 0 bridgehead atoms. The summed E-state index contributed by atoms with van der Waals surface area (Å²) in [4.78, 5) is 12.3. The number of piperidine rings is 1. The zero-order valence-corrected chi connectivity index (χ0v) is 11.7. The molecule has 4 heteroatoms. The van der Waals surface area contributed by atoms with E-state index in [0.717, 1.165) is 43.8 Å². The van der Waals surface area contributed by atoms with Crippen molar-refractivity contribution in [2.24, 2.45) is 5.92 Å². The Morgan fingerprint density at radius 2 is 1.84 bits per heavy atom. The lowest BCUT2D eigenvalue weighted by atomic mass is 9.95. The molecular formula is C15H19ClN2O. The summed E-state index contributed by atoms with van der Waals surface area (Å²) >= 11 is 5.92. The first-order valence-electron chi connectivity index (χ1n) is 6.98. The van der Waals surface area contributed by atoms with Gasteiger partial charge in [-0.3, -0.25) is 4.79 Å². The molecule has 0 spiro atoms. The fourth-order valence-corrected chi connectivity index (χ4v) is 2.93. The third-order valence-electron chi connectivity index (χ3n) is 4.22. The number of carbonyl (C=O) groups excluding carboxylic acids is 1. The number of benzene rings is 1. The van der Waals surface area contributed by atoms with Crippen molar-refractivity contribution >= 4 is 17.5 Å². The molecule has 1 aromatic carbocycles. The first-order valence-corrected chi connectivity index (χ1v) is 7.36. The zero-order valence-electron chi connectivity index (χ0n) is 10.9. The number of halogens is 1. The predicted octanol–water partition coefficient (Wildman–Crippen LogP) is 2.44. The summed E-state index contributed by atoms with van der Waals surface area (Å²) in [5.41, 5.74) is 1.06. The molecule has 1 aliphatic heterocycles. The highest BCUT2D eigenvalue weighted by molar-refractivity contribution is 6.30. The first-order chi connectivity index (χ1) is 9.20. The Hall–Kier alpha value is -1.06. The highest BCUT2D eigenvalue weighted by Gasteiger charge is 2.46. The zero-order chi connectivity index (χ0) is 13.3. The van der Waals surface area contributed by atoms with Crippen molar-refractivity contribution in [1.82, 2.24) is 10.6 Å². The van der Waals surface area contributed by atoms with Crippen molar-refractivity contribution in [1.29, 1.82) is 0 Å². The van der Waals surface area contributed by atoms with Crippen LogP contribution in [0.3, 0.4) is 0 Å². The molecule has 3 nitrogen and oxygen atoms in total. The first kappa shape index (κ1) is 12.9. The van der Waals surface area contributed by atoms with E-state index in [1.54, 1.807) is 0 Å². The van der Waals surface area contributed by atoms with E-state index >= 15 is 0 Å². The van der Waals surface area contributed by atoms with Crippen LogP contribution < -0.4 is 10.6 Å². The molecule has 0 atom stereocenters. The van der Waals surface area contributed by atoms with Crippen LogP contribution in [0.15, 0.2) is 24.3 Å². The van der Waals surface area contributed by atoms with Gasteiger partial charge in [-0.15, -0.1) is 0 Å². The van der Waals surface area contributed by atoms with Crippen LogP contribution in [0.25, 0.3) is 0 Å². The van der Waals surface area contributed by atoms with Crippen LogP contribution >= 0.6 is 11.6 Å². The predicted molar refractivity (Wildman–Crippen MR) is 76.1 cm³/mol. The van der Waals surface area contributed by atoms with E-state index in [1.807, 2.05) is 24.3 Å². The lowest BCUT2D eigenvalue weighted by Crippen LogP contribution is -2.42. The maximum Gasteiger partial charge on any atom is 0.223 e. The topological polar surface area (TPSA) is 41.1 Å². The molecule has 1 amide bonds. The van der Waals surface area contributed by atoms with E-state index in [4.69, 9.17) is 11.6 Å². The summed E-state index contributed by atoms with van der Waals surface area (Å²) in [6.07, 6.45) is 3.96. The molecule has 1 saturated heterocycles. The Bertz CT molecular complexity index is 462. The van der Waals surface area contributed by atoms with Gasteiger partial charge in [0.2, 0.25) is 5.91 Å². The minimum absolute atomic E-state index is 0.119. The van der Waals surface area contributed by atoms with Gasteiger partial charge in [0.05, 0.1) is 5.54 Å². The van der Waals surface area contributed by atoms with Gasteiger partial charge in [-0.25, -0.2) is 0 Å². The van der Waals surface area contributed by atoms with Crippen molar-refractivity contribution in [2.45, 2.75) is 31.2 Å². The van der Waals surface area contributed by atoms with Crippen LogP contribution in [-0.4, -0.2) is 19.0 Å². The van der Waals surface area contributed by atoms with Crippen molar-refractivity contribution in [3.63, 3.8) is 0 Å². The van der Waals surface area contributed by atoms with Gasteiger partial charge in [0.15, 0.2) is 0 Å². The van der Waals surface area contributed by atoms with Gasteiger partial charge in [-0.2, -0.15) is 0 Å². The lowest BCUT2D eigenvalue weighted by molar-refractivity contribution is -0.126. The van der Waals surface area contributed by atoms with Gasteiger partial charge in [-0.1, -0.05) is 23.7 Å². The number of carbonyl (C=O) groups is 1. The van der Waals surface area contributed by atoms with Gasteiger partial charge >= 0.3 is 0 Å². The molecule has 3 rings (SSSR count). The standard InChI is InChI=1S/C15H19ClN2O/c16-13-3-1-12(2-4-13)15(7-8-15)18-14(19)11-5-9-17-10-6-11/h1-4,11,17H,5-10H2,(H,18,19). The largest absolute Gasteiger partial charge is 0.346 e. The third-order valence-corrected chi connectivity index (χ3v) is 4.47. The van der Waals surface area contributed by atoms with Crippen molar-refractivity contribution in [3.8, 4) is 0 Å². The molecule has 0 radical (unpaired) electrons. The quantitative estimate of drug-likeness (QED) is 0.892. The minimum Gasteiger partial charge on any atom is -0.346 e. The Morgan fingerprint density at radius 3 is 2.42 bits per heavy atom. The Balaban J connectivity index is 1.68. The highest BCUT2D eigenvalue weighted by atomic mass is 35.5. The van der Waals surface area contributed by atoms with E-state index in [2.05, 4.69) is 10.6 Å². The second-order valence-electron chi connectivity index (χ2n) is 5.60. The van der Waals surface area contributed by atoms with Gasteiger partial charge in [0.1, 0.15) is 0 Å². The minimum atomic E-state index is -0.119. The van der Waals surface area contributed by atoms with Crippen LogP contribution in [0, 0.1) is 5.92 Å². The van der Waals surface area contributed by atoms with E-state index in [0.29, 0.717) is 0 Å². The monoisotopic (exact) mass is 278 g/mol. The number of rotatable bonds is 3. The fraction of sp³-hybridized carbons (Fsp3) is 0.533. The van der Waals surface area contributed by atoms with E-state index in [1.165, 1.54) is 5.56 Å².